The second-order valence-electron chi connectivity index (χ2n) is 4.68. The summed E-state index contributed by atoms with van der Waals surface area (Å²) in [6.07, 6.45) is 3.43. The van der Waals surface area contributed by atoms with Crippen molar-refractivity contribution in [3.63, 3.8) is 0 Å². The van der Waals surface area contributed by atoms with Crippen LogP contribution in [0.1, 0.15) is 39.5 Å². The lowest BCUT2D eigenvalue weighted by Crippen LogP contribution is -2.49. The van der Waals surface area contributed by atoms with Crippen molar-refractivity contribution < 1.29 is 9.59 Å². The van der Waals surface area contributed by atoms with E-state index >= 15 is 0 Å². The maximum absolute atomic E-state index is 11.6. The molecule has 0 aromatic rings. The van der Waals surface area contributed by atoms with Gasteiger partial charge < -0.3 is 16.0 Å². The van der Waals surface area contributed by atoms with Gasteiger partial charge in [0.1, 0.15) is 0 Å². The minimum Gasteiger partial charge on any atom is -0.355 e. The van der Waals surface area contributed by atoms with E-state index in [2.05, 4.69) is 22.9 Å². The van der Waals surface area contributed by atoms with E-state index in [4.69, 9.17) is 0 Å². The molecule has 0 aromatic carbocycles. The SMILES string of the molecule is CCCC(C)NC(=O)CNC1CCC(=O)NC1. The van der Waals surface area contributed by atoms with E-state index in [-0.39, 0.29) is 23.9 Å². The quantitative estimate of drug-likeness (QED) is 0.620. The topological polar surface area (TPSA) is 70.2 Å². The zero-order valence-electron chi connectivity index (χ0n) is 10.7. The highest BCUT2D eigenvalue weighted by molar-refractivity contribution is 5.78. The molecule has 17 heavy (non-hydrogen) atoms. The second kappa shape index (κ2) is 7.27. The molecule has 0 bridgehead atoms. The molecule has 1 fully saturated rings. The molecule has 0 aliphatic carbocycles. The van der Waals surface area contributed by atoms with Crippen LogP contribution in [0.5, 0.6) is 0 Å². The Balaban J connectivity index is 2.13. The van der Waals surface area contributed by atoms with Gasteiger partial charge in [-0.05, 0) is 19.8 Å². The third-order valence-corrected chi connectivity index (χ3v) is 2.95. The van der Waals surface area contributed by atoms with E-state index in [9.17, 15) is 9.59 Å². The molecule has 2 amide bonds. The highest BCUT2D eigenvalue weighted by Gasteiger charge is 2.18. The number of hydrogen-bond donors (Lipinski definition) is 3. The van der Waals surface area contributed by atoms with Gasteiger partial charge >= 0.3 is 0 Å². The van der Waals surface area contributed by atoms with E-state index in [1.807, 2.05) is 6.92 Å². The lowest BCUT2D eigenvalue weighted by atomic mass is 10.1. The van der Waals surface area contributed by atoms with Gasteiger partial charge in [0.15, 0.2) is 0 Å². The molecule has 2 unspecified atom stereocenters. The average Bonchev–Trinajstić information content (AvgIpc) is 2.28. The smallest absolute Gasteiger partial charge is 0.234 e. The maximum atomic E-state index is 11.6. The van der Waals surface area contributed by atoms with Crippen LogP contribution in [0, 0.1) is 0 Å². The van der Waals surface area contributed by atoms with Crippen LogP contribution in [0.4, 0.5) is 0 Å². The fourth-order valence-electron chi connectivity index (χ4n) is 1.98. The number of carbonyl (C=O) groups is 2. The van der Waals surface area contributed by atoms with Crippen LogP contribution < -0.4 is 16.0 Å². The van der Waals surface area contributed by atoms with Crippen molar-refractivity contribution in [3.05, 3.63) is 0 Å². The predicted molar refractivity (Wildman–Crippen MR) is 66.5 cm³/mol. The zero-order valence-corrected chi connectivity index (χ0v) is 10.7. The van der Waals surface area contributed by atoms with Crippen molar-refractivity contribution in [1.29, 1.82) is 0 Å². The molecule has 0 aromatic heterocycles. The Morgan fingerprint density at radius 3 is 2.94 bits per heavy atom. The molecular weight excluding hydrogens is 218 g/mol. The van der Waals surface area contributed by atoms with E-state index in [0.717, 1.165) is 19.3 Å². The normalized spacial score (nSPS) is 21.8. The number of amides is 2. The summed E-state index contributed by atoms with van der Waals surface area (Å²) in [6.45, 7) is 5.07. The summed E-state index contributed by atoms with van der Waals surface area (Å²) in [5.41, 5.74) is 0. The van der Waals surface area contributed by atoms with Gasteiger partial charge in [0.25, 0.3) is 0 Å². The van der Waals surface area contributed by atoms with Crippen LogP contribution in [0.2, 0.25) is 0 Å². The van der Waals surface area contributed by atoms with Crippen molar-refractivity contribution >= 4 is 11.8 Å². The molecule has 1 aliphatic heterocycles. The number of piperidine rings is 1. The standard InChI is InChI=1S/C12H23N3O2/c1-3-4-9(2)15-12(17)8-13-10-5-6-11(16)14-7-10/h9-10,13H,3-8H2,1-2H3,(H,14,16)(H,15,17). The Hall–Kier alpha value is -1.10. The fraction of sp³-hybridized carbons (Fsp3) is 0.833. The summed E-state index contributed by atoms with van der Waals surface area (Å²) in [5.74, 6) is 0.131. The molecule has 98 valence electrons. The summed E-state index contributed by atoms with van der Waals surface area (Å²) in [7, 11) is 0. The van der Waals surface area contributed by atoms with Gasteiger partial charge in [-0.3, -0.25) is 9.59 Å². The summed E-state index contributed by atoms with van der Waals surface area (Å²) < 4.78 is 0. The maximum Gasteiger partial charge on any atom is 0.234 e. The zero-order chi connectivity index (χ0) is 12.7. The lowest BCUT2D eigenvalue weighted by molar-refractivity contribution is -0.122. The Labute approximate surface area is 103 Å². The van der Waals surface area contributed by atoms with Gasteiger partial charge in [-0.25, -0.2) is 0 Å². The lowest BCUT2D eigenvalue weighted by Gasteiger charge is -2.23. The van der Waals surface area contributed by atoms with E-state index in [0.29, 0.717) is 19.5 Å². The molecule has 1 rings (SSSR count). The van der Waals surface area contributed by atoms with Gasteiger partial charge in [0.05, 0.1) is 6.54 Å². The summed E-state index contributed by atoms with van der Waals surface area (Å²) in [6, 6.07) is 0.459. The third kappa shape index (κ3) is 5.68. The first kappa shape index (κ1) is 14.0. The van der Waals surface area contributed by atoms with Crippen LogP contribution >= 0.6 is 0 Å². The molecule has 1 saturated heterocycles. The highest BCUT2D eigenvalue weighted by atomic mass is 16.2. The molecule has 0 radical (unpaired) electrons. The molecule has 1 aliphatic rings. The van der Waals surface area contributed by atoms with E-state index in [1.54, 1.807) is 0 Å². The Morgan fingerprint density at radius 2 is 2.35 bits per heavy atom. The average molecular weight is 241 g/mol. The summed E-state index contributed by atoms with van der Waals surface area (Å²) >= 11 is 0. The van der Waals surface area contributed by atoms with Gasteiger partial charge in [-0.1, -0.05) is 13.3 Å². The van der Waals surface area contributed by atoms with Gasteiger partial charge in [0.2, 0.25) is 11.8 Å². The third-order valence-electron chi connectivity index (χ3n) is 2.95. The van der Waals surface area contributed by atoms with Crippen LogP contribution in [0.3, 0.4) is 0 Å². The number of rotatable bonds is 6. The Kier molecular flexibility index (Phi) is 5.97. The van der Waals surface area contributed by atoms with Gasteiger partial charge in [-0.2, -0.15) is 0 Å². The highest BCUT2D eigenvalue weighted by Crippen LogP contribution is 2.02. The van der Waals surface area contributed by atoms with E-state index < -0.39 is 0 Å². The van der Waals surface area contributed by atoms with Crippen LogP contribution in [-0.4, -0.2) is 37.0 Å². The Bertz CT molecular complexity index is 258. The number of hydrogen-bond acceptors (Lipinski definition) is 3. The minimum absolute atomic E-state index is 0.0304. The monoisotopic (exact) mass is 241 g/mol. The second-order valence-corrected chi connectivity index (χ2v) is 4.68. The van der Waals surface area contributed by atoms with Crippen molar-refractivity contribution in [3.8, 4) is 0 Å². The first-order valence-corrected chi connectivity index (χ1v) is 6.41. The summed E-state index contributed by atoms with van der Waals surface area (Å²) in [4.78, 5) is 22.5. The first-order chi connectivity index (χ1) is 8.11. The predicted octanol–water partition coefficient (Wildman–Crippen LogP) is 0.159. The van der Waals surface area contributed by atoms with E-state index in [1.165, 1.54) is 0 Å². The number of carbonyl (C=O) groups excluding carboxylic acids is 2. The molecule has 5 nitrogen and oxygen atoms in total. The largest absolute Gasteiger partial charge is 0.355 e. The van der Waals surface area contributed by atoms with Crippen molar-refractivity contribution in [2.24, 2.45) is 0 Å². The molecule has 2 atom stereocenters. The summed E-state index contributed by atoms with van der Waals surface area (Å²) in [5, 5.41) is 8.89. The van der Waals surface area contributed by atoms with Gasteiger partial charge in [-0.15, -0.1) is 0 Å². The van der Waals surface area contributed by atoms with Crippen molar-refractivity contribution in [2.45, 2.75) is 51.6 Å². The molecule has 5 heteroatoms. The van der Waals surface area contributed by atoms with Crippen LogP contribution in [-0.2, 0) is 9.59 Å². The van der Waals surface area contributed by atoms with Crippen molar-refractivity contribution in [1.82, 2.24) is 16.0 Å². The molecular formula is C12H23N3O2. The van der Waals surface area contributed by atoms with Crippen molar-refractivity contribution in [2.75, 3.05) is 13.1 Å². The number of nitrogens with one attached hydrogen (secondary N) is 3. The molecule has 0 spiro atoms. The fourth-order valence-corrected chi connectivity index (χ4v) is 1.98. The van der Waals surface area contributed by atoms with Crippen LogP contribution in [0.25, 0.3) is 0 Å². The molecule has 3 N–H and O–H groups in total. The van der Waals surface area contributed by atoms with Crippen LogP contribution in [0.15, 0.2) is 0 Å². The Morgan fingerprint density at radius 1 is 1.59 bits per heavy atom. The minimum atomic E-state index is 0.0304. The molecule has 1 heterocycles. The molecule has 0 saturated carbocycles. The van der Waals surface area contributed by atoms with Gasteiger partial charge in [0, 0.05) is 25.0 Å². The first-order valence-electron chi connectivity index (χ1n) is 6.41.